The summed E-state index contributed by atoms with van der Waals surface area (Å²) in [7, 11) is 1.68. The van der Waals surface area contributed by atoms with Crippen molar-refractivity contribution < 1.29 is 14.3 Å². The molecule has 0 fully saturated rings. The molecule has 126 valence electrons. The zero-order valence-corrected chi connectivity index (χ0v) is 14.6. The summed E-state index contributed by atoms with van der Waals surface area (Å²) in [6.07, 6.45) is 2.67. The van der Waals surface area contributed by atoms with Crippen LogP contribution in [0.25, 0.3) is 21.8 Å². The molecule has 3 aromatic heterocycles. The first kappa shape index (κ1) is 15.8. The lowest BCUT2D eigenvalue weighted by Crippen LogP contribution is -1.96. The minimum Gasteiger partial charge on any atom is -0.446 e. The molecule has 6 heteroatoms. The van der Waals surface area contributed by atoms with Crippen molar-refractivity contribution in [1.82, 2.24) is 9.97 Å². The summed E-state index contributed by atoms with van der Waals surface area (Å²) < 4.78 is 11.5. The van der Waals surface area contributed by atoms with E-state index in [0.29, 0.717) is 16.5 Å². The van der Waals surface area contributed by atoms with Crippen LogP contribution in [-0.2, 0) is 11.3 Å². The van der Waals surface area contributed by atoms with Crippen molar-refractivity contribution in [2.24, 2.45) is 0 Å². The van der Waals surface area contributed by atoms with E-state index in [2.05, 4.69) is 9.97 Å². The van der Waals surface area contributed by atoms with Gasteiger partial charge < -0.3 is 14.5 Å². The average molecular weight is 352 g/mol. The van der Waals surface area contributed by atoms with Gasteiger partial charge in [0.2, 0.25) is 0 Å². The van der Waals surface area contributed by atoms with Gasteiger partial charge >= 0.3 is 0 Å². The number of nitrogens with one attached hydrogen (secondary N) is 1. The first-order valence-corrected chi connectivity index (χ1v) is 8.63. The number of thiophene rings is 1. The molecule has 4 rings (SSSR count). The highest BCUT2D eigenvalue weighted by molar-refractivity contribution is 7.15. The number of pyridine rings is 1. The molecule has 0 spiro atoms. The third-order valence-electron chi connectivity index (χ3n) is 4.16. The predicted octanol–water partition coefficient (Wildman–Crippen LogP) is 4.84. The van der Waals surface area contributed by atoms with Crippen LogP contribution in [0.2, 0.25) is 0 Å². The molecular formula is C19H16N2O3S. The van der Waals surface area contributed by atoms with Crippen LogP contribution in [0.15, 0.2) is 36.5 Å². The quantitative estimate of drug-likeness (QED) is 0.522. The van der Waals surface area contributed by atoms with Crippen molar-refractivity contribution in [3.8, 4) is 10.8 Å². The summed E-state index contributed by atoms with van der Waals surface area (Å²) in [6.45, 7) is 2.46. The lowest BCUT2D eigenvalue weighted by atomic mass is 10.1. The van der Waals surface area contributed by atoms with Crippen molar-refractivity contribution >= 4 is 39.4 Å². The third-order valence-corrected chi connectivity index (χ3v) is 5.05. The predicted molar refractivity (Wildman–Crippen MR) is 98.8 cm³/mol. The Kier molecular flexibility index (Phi) is 3.99. The Morgan fingerprint density at radius 2 is 2.08 bits per heavy atom. The zero-order chi connectivity index (χ0) is 17.4. The largest absolute Gasteiger partial charge is 0.446 e. The summed E-state index contributed by atoms with van der Waals surface area (Å²) in [5.74, 6) is 0.742. The van der Waals surface area contributed by atoms with E-state index in [1.54, 1.807) is 13.2 Å². The molecule has 0 aliphatic rings. The fourth-order valence-corrected chi connectivity index (χ4v) is 3.72. The number of aldehydes is 1. The van der Waals surface area contributed by atoms with Crippen LogP contribution in [-0.4, -0.2) is 23.4 Å². The highest BCUT2D eigenvalue weighted by Crippen LogP contribution is 2.39. The molecule has 0 amide bonds. The Bertz CT molecular complexity index is 1080. The fourth-order valence-electron chi connectivity index (χ4n) is 3.03. The van der Waals surface area contributed by atoms with Crippen molar-refractivity contribution in [2.75, 3.05) is 7.11 Å². The molecule has 0 aliphatic heterocycles. The molecule has 0 aliphatic carbocycles. The van der Waals surface area contributed by atoms with Crippen molar-refractivity contribution in [2.45, 2.75) is 13.5 Å². The first-order valence-electron chi connectivity index (χ1n) is 7.82. The second-order valence-electron chi connectivity index (χ2n) is 5.72. The van der Waals surface area contributed by atoms with E-state index >= 15 is 0 Å². The molecule has 0 unspecified atom stereocenters. The van der Waals surface area contributed by atoms with Crippen molar-refractivity contribution in [3.63, 3.8) is 0 Å². The van der Waals surface area contributed by atoms with Crippen LogP contribution in [0.3, 0.4) is 0 Å². The van der Waals surface area contributed by atoms with Gasteiger partial charge in [-0.2, -0.15) is 0 Å². The maximum absolute atomic E-state index is 10.9. The highest BCUT2D eigenvalue weighted by atomic mass is 32.1. The Morgan fingerprint density at radius 1 is 1.20 bits per heavy atom. The van der Waals surface area contributed by atoms with Crippen LogP contribution < -0.4 is 4.74 Å². The molecule has 4 aromatic rings. The summed E-state index contributed by atoms with van der Waals surface area (Å²) in [4.78, 5) is 19.4. The first-order chi connectivity index (χ1) is 12.2. The molecular weight excluding hydrogens is 336 g/mol. The van der Waals surface area contributed by atoms with Gasteiger partial charge in [-0.15, -0.1) is 0 Å². The van der Waals surface area contributed by atoms with E-state index in [9.17, 15) is 4.79 Å². The monoisotopic (exact) mass is 352 g/mol. The molecule has 25 heavy (non-hydrogen) atoms. The topological polar surface area (TPSA) is 64.2 Å². The molecule has 1 aromatic carbocycles. The van der Waals surface area contributed by atoms with Gasteiger partial charge in [0.1, 0.15) is 5.75 Å². The Balaban J connectivity index is 1.95. The number of aromatic amines is 1. The normalized spacial score (nSPS) is 11.3. The number of ether oxygens (including phenoxy) is 2. The van der Waals surface area contributed by atoms with Crippen LogP contribution >= 0.6 is 11.3 Å². The van der Waals surface area contributed by atoms with Gasteiger partial charge in [-0.3, -0.25) is 9.78 Å². The number of hydrogen-bond donors (Lipinski definition) is 1. The van der Waals surface area contributed by atoms with Crippen LogP contribution in [0.4, 0.5) is 0 Å². The maximum atomic E-state index is 10.9. The summed E-state index contributed by atoms with van der Waals surface area (Å²) >= 11 is 1.32. The summed E-state index contributed by atoms with van der Waals surface area (Å²) in [5, 5.41) is 2.74. The molecule has 5 nitrogen and oxygen atoms in total. The number of fused-ring (bicyclic) bond motifs is 3. The standard InChI is InChI=1S/C19H16N2O3S/c1-11-13(10-23-2)18-15(8-20-11)21-14-4-3-5-16(19(14)18)24-17-7-6-12(9-22)25-17/h3-9,21H,10H2,1-2H3. The number of carbonyl (C=O) groups excluding carboxylic acids is 1. The van der Waals surface area contributed by atoms with Crippen molar-refractivity contribution in [1.29, 1.82) is 0 Å². The molecule has 0 saturated heterocycles. The van der Waals surface area contributed by atoms with Crippen molar-refractivity contribution in [3.05, 3.63) is 52.7 Å². The smallest absolute Gasteiger partial charge is 0.181 e. The molecule has 0 radical (unpaired) electrons. The van der Waals surface area contributed by atoms with Gasteiger partial charge in [0.05, 0.1) is 34.1 Å². The second-order valence-corrected chi connectivity index (χ2v) is 6.80. The van der Waals surface area contributed by atoms with Gasteiger partial charge in [-0.05, 0) is 31.2 Å². The lowest BCUT2D eigenvalue weighted by Gasteiger charge is -2.09. The van der Waals surface area contributed by atoms with E-state index in [4.69, 9.17) is 9.47 Å². The number of aromatic nitrogens is 2. The van der Waals surface area contributed by atoms with Gasteiger partial charge in [-0.1, -0.05) is 17.4 Å². The number of benzene rings is 1. The summed E-state index contributed by atoms with van der Waals surface area (Å²) in [5.41, 5.74) is 3.90. The zero-order valence-electron chi connectivity index (χ0n) is 13.8. The van der Waals surface area contributed by atoms with E-state index in [-0.39, 0.29) is 0 Å². The van der Waals surface area contributed by atoms with Gasteiger partial charge in [0.15, 0.2) is 11.3 Å². The van der Waals surface area contributed by atoms with Crippen LogP contribution in [0.1, 0.15) is 20.9 Å². The molecule has 0 atom stereocenters. The van der Waals surface area contributed by atoms with E-state index in [1.807, 2.05) is 37.4 Å². The molecule has 3 heterocycles. The fraction of sp³-hybridized carbons (Fsp3) is 0.158. The molecule has 1 N–H and O–H groups in total. The number of methoxy groups -OCH3 is 1. The van der Waals surface area contributed by atoms with E-state index in [0.717, 1.165) is 45.1 Å². The number of hydrogen-bond acceptors (Lipinski definition) is 5. The number of aryl methyl sites for hydroxylation is 1. The second kappa shape index (κ2) is 6.31. The highest BCUT2D eigenvalue weighted by Gasteiger charge is 2.16. The Morgan fingerprint density at radius 3 is 2.84 bits per heavy atom. The minimum atomic E-state index is 0.478. The maximum Gasteiger partial charge on any atom is 0.181 e. The van der Waals surface area contributed by atoms with E-state index in [1.165, 1.54) is 11.3 Å². The minimum absolute atomic E-state index is 0.478. The molecule has 0 saturated carbocycles. The number of H-pyrrole nitrogens is 1. The number of rotatable bonds is 5. The van der Waals surface area contributed by atoms with E-state index < -0.39 is 0 Å². The Hall–Kier alpha value is -2.70. The average Bonchev–Trinajstić information content (AvgIpc) is 3.22. The van der Waals surface area contributed by atoms with Crippen LogP contribution in [0, 0.1) is 6.92 Å². The number of nitrogens with zero attached hydrogens (tertiary/aromatic N) is 1. The summed E-state index contributed by atoms with van der Waals surface area (Å²) in [6, 6.07) is 9.46. The van der Waals surface area contributed by atoms with Crippen LogP contribution in [0.5, 0.6) is 10.8 Å². The SMILES string of the molecule is COCc1c(C)ncc2[nH]c3cccc(Oc4ccc(C=O)s4)c3c12. The lowest BCUT2D eigenvalue weighted by molar-refractivity contribution is 0.112. The molecule has 0 bridgehead atoms. The van der Waals surface area contributed by atoms with Gasteiger partial charge in [0, 0.05) is 23.8 Å². The van der Waals surface area contributed by atoms with Gasteiger partial charge in [0.25, 0.3) is 0 Å². The van der Waals surface area contributed by atoms with Gasteiger partial charge in [-0.25, -0.2) is 0 Å². The third kappa shape index (κ3) is 2.69. The Labute approximate surface area is 148 Å². The number of carbonyl (C=O) groups is 1.